The van der Waals surface area contributed by atoms with Gasteiger partial charge in [0, 0.05) is 11.3 Å². The summed E-state index contributed by atoms with van der Waals surface area (Å²) in [4.78, 5) is 12.4. The van der Waals surface area contributed by atoms with E-state index in [1.54, 1.807) is 0 Å². The van der Waals surface area contributed by atoms with E-state index >= 15 is 0 Å². The molecule has 6 heteroatoms. The standard InChI is InChI=1S/C16H14N4OS/c17-15(21)14-11-7-6-9-8-18-20-13(9)12(11)16(22-14)19-10-4-2-1-3-5-10/h1-5,8,19H,6-7H2,(H2,17,21)(H,18,20). The molecule has 0 aliphatic heterocycles. The number of carbonyl (C=O) groups is 1. The molecule has 1 amide bonds. The summed E-state index contributed by atoms with van der Waals surface area (Å²) in [6.07, 6.45) is 3.54. The van der Waals surface area contributed by atoms with Gasteiger partial charge in [0.2, 0.25) is 0 Å². The zero-order chi connectivity index (χ0) is 15.1. The summed E-state index contributed by atoms with van der Waals surface area (Å²) in [6, 6.07) is 9.90. The SMILES string of the molecule is NC(=O)c1sc(Nc2ccccc2)c2c1CCc1cn[nH]c1-2. The minimum absolute atomic E-state index is 0.370. The number of primary amides is 1. The number of nitrogens with two attached hydrogens (primary N) is 1. The summed E-state index contributed by atoms with van der Waals surface area (Å²) < 4.78 is 0. The maximum atomic E-state index is 11.8. The van der Waals surface area contributed by atoms with Crippen molar-refractivity contribution in [1.82, 2.24) is 10.2 Å². The Kier molecular flexibility index (Phi) is 2.97. The molecule has 22 heavy (non-hydrogen) atoms. The van der Waals surface area contributed by atoms with E-state index < -0.39 is 0 Å². The van der Waals surface area contributed by atoms with E-state index in [4.69, 9.17) is 5.73 Å². The summed E-state index contributed by atoms with van der Waals surface area (Å²) in [7, 11) is 0. The lowest BCUT2D eigenvalue weighted by atomic mass is 9.91. The first-order valence-electron chi connectivity index (χ1n) is 7.04. The third-order valence-electron chi connectivity index (χ3n) is 3.87. The van der Waals surface area contributed by atoms with Gasteiger partial charge < -0.3 is 11.1 Å². The van der Waals surface area contributed by atoms with Gasteiger partial charge in [-0.2, -0.15) is 5.10 Å². The van der Waals surface area contributed by atoms with Crippen molar-refractivity contribution in [2.24, 2.45) is 5.73 Å². The van der Waals surface area contributed by atoms with Gasteiger partial charge in [-0.3, -0.25) is 9.89 Å². The highest BCUT2D eigenvalue weighted by Crippen LogP contribution is 2.45. The normalized spacial score (nSPS) is 12.5. The van der Waals surface area contributed by atoms with Crippen LogP contribution in [0.25, 0.3) is 11.3 Å². The predicted molar refractivity (Wildman–Crippen MR) is 87.6 cm³/mol. The van der Waals surface area contributed by atoms with E-state index in [9.17, 15) is 4.79 Å². The average molecular weight is 310 g/mol. The smallest absolute Gasteiger partial charge is 0.259 e. The summed E-state index contributed by atoms with van der Waals surface area (Å²) in [5.74, 6) is -0.370. The molecule has 0 saturated carbocycles. The molecule has 2 heterocycles. The molecule has 1 aliphatic carbocycles. The van der Waals surface area contributed by atoms with Gasteiger partial charge in [0.05, 0.1) is 16.8 Å². The fourth-order valence-electron chi connectivity index (χ4n) is 2.88. The number of para-hydroxylation sites is 1. The van der Waals surface area contributed by atoms with Crippen molar-refractivity contribution in [1.29, 1.82) is 0 Å². The van der Waals surface area contributed by atoms with E-state index in [1.807, 2.05) is 36.5 Å². The Morgan fingerprint density at radius 3 is 2.86 bits per heavy atom. The lowest BCUT2D eigenvalue weighted by Gasteiger charge is -2.14. The molecule has 0 unspecified atom stereocenters. The number of hydrogen-bond donors (Lipinski definition) is 3. The van der Waals surface area contributed by atoms with E-state index in [1.165, 1.54) is 16.9 Å². The van der Waals surface area contributed by atoms with Crippen LogP contribution in [0, 0.1) is 0 Å². The Hall–Kier alpha value is -2.60. The Balaban J connectivity index is 1.88. The van der Waals surface area contributed by atoms with Crippen LogP contribution in [0.5, 0.6) is 0 Å². The van der Waals surface area contributed by atoms with Crippen LogP contribution in [0.15, 0.2) is 36.5 Å². The number of rotatable bonds is 3. The molecule has 0 spiro atoms. The van der Waals surface area contributed by atoms with E-state index in [2.05, 4.69) is 15.5 Å². The molecule has 110 valence electrons. The van der Waals surface area contributed by atoms with Gasteiger partial charge >= 0.3 is 0 Å². The number of carbonyl (C=O) groups excluding carboxylic acids is 1. The van der Waals surface area contributed by atoms with Crippen molar-refractivity contribution in [2.75, 3.05) is 5.32 Å². The maximum absolute atomic E-state index is 11.8. The van der Waals surface area contributed by atoms with Crippen LogP contribution in [0.3, 0.4) is 0 Å². The second-order valence-electron chi connectivity index (χ2n) is 5.24. The maximum Gasteiger partial charge on any atom is 0.259 e. The van der Waals surface area contributed by atoms with Crippen LogP contribution < -0.4 is 11.1 Å². The Bertz CT molecular complexity index is 850. The molecular weight excluding hydrogens is 296 g/mol. The highest BCUT2D eigenvalue weighted by Gasteiger charge is 2.28. The zero-order valence-electron chi connectivity index (χ0n) is 11.7. The Morgan fingerprint density at radius 2 is 2.09 bits per heavy atom. The summed E-state index contributed by atoms with van der Waals surface area (Å²) in [5.41, 5.74) is 10.8. The topological polar surface area (TPSA) is 83.8 Å². The number of amides is 1. The molecule has 5 nitrogen and oxygen atoms in total. The number of thiophene rings is 1. The summed E-state index contributed by atoms with van der Waals surface area (Å²) >= 11 is 1.41. The monoisotopic (exact) mass is 310 g/mol. The molecular formula is C16H14N4OS. The lowest BCUT2D eigenvalue weighted by Crippen LogP contribution is -2.13. The average Bonchev–Trinajstić information content (AvgIpc) is 3.12. The van der Waals surface area contributed by atoms with Crippen molar-refractivity contribution < 1.29 is 4.79 Å². The van der Waals surface area contributed by atoms with Crippen LogP contribution in [-0.2, 0) is 12.8 Å². The first-order valence-corrected chi connectivity index (χ1v) is 7.86. The first kappa shape index (κ1) is 13.1. The van der Waals surface area contributed by atoms with Crippen LogP contribution in [-0.4, -0.2) is 16.1 Å². The number of H-pyrrole nitrogens is 1. The molecule has 4 rings (SSSR count). The molecule has 3 aromatic rings. The third-order valence-corrected chi connectivity index (χ3v) is 5.04. The quantitative estimate of drug-likeness (QED) is 0.695. The minimum atomic E-state index is -0.370. The van der Waals surface area contributed by atoms with Crippen molar-refractivity contribution in [3.05, 3.63) is 52.5 Å². The predicted octanol–water partition coefficient (Wildman–Crippen LogP) is 3.08. The van der Waals surface area contributed by atoms with E-state index in [-0.39, 0.29) is 5.91 Å². The Labute approximate surface area is 131 Å². The number of aromatic nitrogens is 2. The van der Waals surface area contributed by atoms with E-state index in [0.29, 0.717) is 4.88 Å². The fourth-order valence-corrected chi connectivity index (χ4v) is 4.01. The molecule has 1 aliphatic rings. The molecule has 4 N–H and O–H groups in total. The van der Waals surface area contributed by atoms with Crippen LogP contribution in [0.4, 0.5) is 10.7 Å². The lowest BCUT2D eigenvalue weighted by molar-refractivity contribution is 0.100. The summed E-state index contributed by atoms with van der Waals surface area (Å²) in [6.45, 7) is 0. The van der Waals surface area contributed by atoms with Gasteiger partial charge in [-0.05, 0) is 36.1 Å². The van der Waals surface area contributed by atoms with Crippen LogP contribution >= 0.6 is 11.3 Å². The number of benzene rings is 1. The van der Waals surface area contributed by atoms with Crippen LogP contribution in [0.2, 0.25) is 0 Å². The summed E-state index contributed by atoms with van der Waals surface area (Å²) in [5, 5.41) is 11.5. The van der Waals surface area contributed by atoms with Crippen molar-refractivity contribution in [3.63, 3.8) is 0 Å². The van der Waals surface area contributed by atoms with Gasteiger partial charge in [-0.15, -0.1) is 11.3 Å². The number of anilines is 2. The fraction of sp³-hybridized carbons (Fsp3) is 0.125. The molecule has 0 bridgehead atoms. The van der Waals surface area contributed by atoms with Gasteiger partial charge in [-0.25, -0.2) is 0 Å². The molecule has 0 saturated heterocycles. The first-order chi connectivity index (χ1) is 10.7. The zero-order valence-corrected chi connectivity index (χ0v) is 12.5. The van der Waals surface area contributed by atoms with Gasteiger partial charge in [0.15, 0.2) is 0 Å². The molecule has 1 aromatic carbocycles. The number of aryl methyl sites for hydroxylation is 1. The molecule has 2 aromatic heterocycles. The minimum Gasteiger partial charge on any atom is -0.365 e. The van der Waals surface area contributed by atoms with E-state index in [0.717, 1.165) is 40.4 Å². The largest absolute Gasteiger partial charge is 0.365 e. The molecule has 0 fully saturated rings. The number of nitrogens with zero attached hydrogens (tertiary/aromatic N) is 1. The van der Waals surface area contributed by atoms with Gasteiger partial charge in [0.25, 0.3) is 5.91 Å². The Morgan fingerprint density at radius 1 is 1.27 bits per heavy atom. The number of aromatic amines is 1. The van der Waals surface area contributed by atoms with Crippen LogP contribution in [0.1, 0.15) is 20.8 Å². The number of nitrogens with one attached hydrogen (secondary N) is 2. The molecule has 0 radical (unpaired) electrons. The highest BCUT2D eigenvalue weighted by atomic mass is 32.1. The van der Waals surface area contributed by atoms with Crippen molar-refractivity contribution in [3.8, 4) is 11.3 Å². The van der Waals surface area contributed by atoms with Crippen molar-refractivity contribution >= 4 is 27.9 Å². The van der Waals surface area contributed by atoms with Gasteiger partial charge in [-0.1, -0.05) is 18.2 Å². The second kappa shape index (κ2) is 4.99. The van der Waals surface area contributed by atoms with Gasteiger partial charge in [0.1, 0.15) is 5.00 Å². The second-order valence-corrected chi connectivity index (χ2v) is 6.26. The highest BCUT2D eigenvalue weighted by molar-refractivity contribution is 7.19. The number of fused-ring (bicyclic) bond motifs is 3. The number of hydrogen-bond acceptors (Lipinski definition) is 4. The third kappa shape index (κ3) is 2.00. The van der Waals surface area contributed by atoms with Crippen molar-refractivity contribution in [2.45, 2.75) is 12.8 Å². The molecule has 0 atom stereocenters.